The summed E-state index contributed by atoms with van der Waals surface area (Å²) in [4.78, 5) is 12.0. The molecular formula is C19H23NO4. The summed E-state index contributed by atoms with van der Waals surface area (Å²) in [5.74, 6) is 1.78. The maximum Gasteiger partial charge on any atom is 0.244 e. The Hall–Kier alpha value is -2.53. The smallest absolute Gasteiger partial charge is 0.244 e. The van der Waals surface area contributed by atoms with Crippen LogP contribution < -0.4 is 10.1 Å². The molecule has 5 nitrogen and oxygen atoms in total. The van der Waals surface area contributed by atoms with Crippen molar-refractivity contribution < 1.29 is 19.1 Å². The lowest BCUT2D eigenvalue weighted by atomic mass is 9.96. The molecule has 0 radical (unpaired) electrons. The highest BCUT2D eigenvalue weighted by molar-refractivity contribution is 5.92. The fourth-order valence-corrected chi connectivity index (χ4v) is 2.55. The van der Waals surface area contributed by atoms with E-state index in [-0.39, 0.29) is 12.5 Å². The summed E-state index contributed by atoms with van der Waals surface area (Å²) in [5.41, 5.74) is 0.285. The molecule has 1 amide bonds. The van der Waals surface area contributed by atoms with Crippen LogP contribution in [0.5, 0.6) is 5.75 Å². The number of aryl methyl sites for hydroxylation is 2. The summed E-state index contributed by atoms with van der Waals surface area (Å²) in [6.45, 7) is 5.35. The van der Waals surface area contributed by atoms with Gasteiger partial charge in [0.1, 0.15) is 22.9 Å². The number of methoxy groups -OCH3 is 1. The van der Waals surface area contributed by atoms with Gasteiger partial charge in [-0.2, -0.15) is 0 Å². The van der Waals surface area contributed by atoms with E-state index < -0.39 is 5.60 Å². The first-order valence-corrected chi connectivity index (χ1v) is 7.72. The third kappa shape index (κ3) is 4.26. The van der Waals surface area contributed by atoms with E-state index in [0.29, 0.717) is 17.1 Å². The topological polar surface area (TPSA) is 71.7 Å². The maximum absolute atomic E-state index is 12.0. The van der Waals surface area contributed by atoms with Crippen LogP contribution in [0, 0.1) is 13.8 Å². The van der Waals surface area contributed by atoms with Crippen molar-refractivity contribution in [3.05, 3.63) is 59.1 Å². The van der Waals surface area contributed by atoms with E-state index in [4.69, 9.17) is 9.15 Å². The van der Waals surface area contributed by atoms with Gasteiger partial charge in [-0.15, -0.1) is 0 Å². The van der Waals surface area contributed by atoms with Gasteiger partial charge >= 0.3 is 0 Å². The minimum atomic E-state index is -1.20. The average molecular weight is 329 g/mol. The van der Waals surface area contributed by atoms with Gasteiger partial charge in [0.05, 0.1) is 13.7 Å². The molecule has 24 heavy (non-hydrogen) atoms. The molecule has 0 fully saturated rings. The molecule has 0 saturated carbocycles. The second kappa shape index (κ2) is 7.36. The standard InChI is InChI=1S/C19H23NO4/c1-13-11-16(14(2)24-13)19(3,22)12-20-18(21)10-9-15-7-5-6-8-17(15)23-4/h5-11,22H,12H2,1-4H3,(H,20,21). The number of carbonyl (C=O) groups excluding carboxylic acids is 1. The van der Waals surface area contributed by atoms with Crippen LogP contribution >= 0.6 is 0 Å². The largest absolute Gasteiger partial charge is 0.496 e. The van der Waals surface area contributed by atoms with Gasteiger partial charge in [-0.3, -0.25) is 4.79 Å². The Morgan fingerprint density at radius 1 is 1.38 bits per heavy atom. The normalized spacial score (nSPS) is 13.7. The number of hydrogen-bond donors (Lipinski definition) is 2. The van der Waals surface area contributed by atoms with E-state index in [2.05, 4.69) is 5.32 Å². The Morgan fingerprint density at radius 2 is 2.08 bits per heavy atom. The average Bonchev–Trinajstić information content (AvgIpc) is 2.90. The van der Waals surface area contributed by atoms with Gasteiger partial charge in [0.25, 0.3) is 0 Å². The zero-order chi connectivity index (χ0) is 17.7. The van der Waals surface area contributed by atoms with Crippen LogP contribution in [0.2, 0.25) is 0 Å². The number of furan rings is 1. The monoisotopic (exact) mass is 329 g/mol. The van der Waals surface area contributed by atoms with E-state index in [1.807, 2.05) is 31.2 Å². The zero-order valence-corrected chi connectivity index (χ0v) is 14.4. The lowest BCUT2D eigenvalue weighted by Crippen LogP contribution is -2.38. The Bertz CT molecular complexity index is 744. The molecule has 1 heterocycles. The highest BCUT2D eigenvalue weighted by Crippen LogP contribution is 2.26. The van der Waals surface area contributed by atoms with E-state index in [1.54, 1.807) is 33.1 Å². The third-order valence-corrected chi connectivity index (χ3v) is 3.78. The minimum Gasteiger partial charge on any atom is -0.496 e. The number of rotatable bonds is 6. The Balaban J connectivity index is 2.00. The number of amides is 1. The van der Waals surface area contributed by atoms with Crippen molar-refractivity contribution in [3.63, 3.8) is 0 Å². The quantitative estimate of drug-likeness (QED) is 0.799. The van der Waals surface area contributed by atoms with Gasteiger partial charge in [0.2, 0.25) is 5.91 Å². The highest BCUT2D eigenvalue weighted by Gasteiger charge is 2.27. The molecule has 2 N–H and O–H groups in total. The second-order valence-electron chi connectivity index (χ2n) is 5.89. The van der Waals surface area contributed by atoms with Crippen molar-refractivity contribution in [1.82, 2.24) is 5.32 Å². The zero-order valence-electron chi connectivity index (χ0n) is 14.4. The molecule has 0 aliphatic heterocycles. The van der Waals surface area contributed by atoms with Gasteiger partial charge in [-0.25, -0.2) is 0 Å². The van der Waals surface area contributed by atoms with Crippen molar-refractivity contribution in [3.8, 4) is 5.75 Å². The van der Waals surface area contributed by atoms with E-state index >= 15 is 0 Å². The second-order valence-corrected chi connectivity index (χ2v) is 5.89. The Kier molecular flexibility index (Phi) is 5.46. The Morgan fingerprint density at radius 3 is 2.71 bits per heavy atom. The first kappa shape index (κ1) is 17.8. The minimum absolute atomic E-state index is 0.0852. The van der Waals surface area contributed by atoms with Crippen molar-refractivity contribution >= 4 is 12.0 Å². The van der Waals surface area contributed by atoms with Gasteiger partial charge in [0, 0.05) is 17.2 Å². The summed E-state index contributed by atoms with van der Waals surface area (Å²) >= 11 is 0. The van der Waals surface area contributed by atoms with Crippen molar-refractivity contribution in [2.75, 3.05) is 13.7 Å². The third-order valence-electron chi connectivity index (χ3n) is 3.78. The number of carbonyl (C=O) groups is 1. The van der Waals surface area contributed by atoms with Crippen molar-refractivity contribution in [2.24, 2.45) is 0 Å². The predicted molar refractivity (Wildman–Crippen MR) is 92.8 cm³/mol. The van der Waals surface area contributed by atoms with Crippen LogP contribution in [0.4, 0.5) is 0 Å². The molecule has 128 valence electrons. The van der Waals surface area contributed by atoms with Gasteiger partial charge < -0.3 is 19.6 Å². The molecule has 1 unspecified atom stereocenters. The molecule has 2 rings (SSSR count). The van der Waals surface area contributed by atoms with E-state index in [9.17, 15) is 9.90 Å². The fraction of sp³-hybridized carbons (Fsp3) is 0.316. The molecule has 0 spiro atoms. The van der Waals surface area contributed by atoms with Crippen LogP contribution in [0.15, 0.2) is 40.8 Å². The number of aliphatic hydroxyl groups is 1. The maximum atomic E-state index is 12.0. The molecule has 0 aliphatic rings. The molecule has 0 saturated heterocycles. The summed E-state index contributed by atoms with van der Waals surface area (Å²) < 4.78 is 10.7. The lowest BCUT2D eigenvalue weighted by Gasteiger charge is -2.22. The first-order valence-electron chi connectivity index (χ1n) is 7.72. The summed E-state index contributed by atoms with van der Waals surface area (Å²) in [7, 11) is 1.58. The molecule has 1 aromatic carbocycles. The number of ether oxygens (including phenoxy) is 1. The Labute approximate surface area is 141 Å². The fourth-order valence-electron chi connectivity index (χ4n) is 2.55. The molecule has 0 bridgehead atoms. The van der Waals surface area contributed by atoms with E-state index in [1.165, 1.54) is 6.08 Å². The molecule has 5 heteroatoms. The predicted octanol–water partition coefficient (Wildman–Crippen LogP) is 2.94. The number of benzene rings is 1. The number of nitrogens with one attached hydrogen (secondary N) is 1. The first-order chi connectivity index (χ1) is 11.3. The van der Waals surface area contributed by atoms with Crippen LogP contribution in [0.25, 0.3) is 6.08 Å². The SMILES string of the molecule is COc1ccccc1C=CC(=O)NCC(C)(O)c1cc(C)oc1C. The lowest BCUT2D eigenvalue weighted by molar-refractivity contribution is -0.117. The molecular weight excluding hydrogens is 306 g/mol. The summed E-state index contributed by atoms with van der Waals surface area (Å²) in [6.07, 6.45) is 3.09. The molecule has 2 aromatic rings. The van der Waals surface area contributed by atoms with Gasteiger partial charge in [0.15, 0.2) is 0 Å². The molecule has 0 aliphatic carbocycles. The van der Waals surface area contributed by atoms with Crippen LogP contribution in [0.3, 0.4) is 0 Å². The summed E-state index contributed by atoms with van der Waals surface area (Å²) in [5, 5.41) is 13.3. The van der Waals surface area contributed by atoms with Gasteiger partial charge in [-0.05, 0) is 39.0 Å². The van der Waals surface area contributed by atoms with E-state index in [0.717, 1.165) is 11.3 Å². The van der Waals surface area contributed by atoms with Crippen molar-refractivity contribution in [2.45, 2.75) is 26.4 Å². The van der Waals surface area contributed by atoms with Crippen molar-refractivity contribution in [1.29, 1.82) is 0 Å². The molecule has 1 atom stereocenters. The number of para-hydroxylation sites is 1. The summed E-state index contributed by atoms with van der Waals surface area (Å²) in [6, 6.07) is 9.20. The van der Waals surface area contributed by atoms with Crippen LogP contribution in [0.1, 0.15) is 29.6 Å². The highest BCUT2D eigenvalue weighted by atomic mass is 16.5. The van der Waals surface area contributed by atoms with Gasteiger partial charge in [-0.1, -0.05) is 18.2 Å². The number of hydrogen-bond acceptors (Lipinski definition) is 4. The molecule has 1 aromatic heterocycles. The van der Waals surface area contributed by atoms with Crippen LogP contribution in [-0.2, 0) is 10.4 Å². The van der Waals surface area contributed by atoms with Crippen LogP contribution in [-0.4, -0.2) is 24.7 Å².